The van der Waals surface area contributed by atoms with Gasteiger partial charge < -0.3 is 5.73 Å². The van der Waals surface area contributed by atoms with Crippen LogP contribution in [0.25, 0.3) is 0 Å². The van der Waals surface area contributed by atoms with Gasteiger partial charge in [0.05, 0.1) is 6.67 Å². The summed E-state index contributed by atoms with van der Waals surface area (Å²) in [5, 5.41) is 0.282. The summed E-state index contributed by atoms with van der Waals surface area (Å²) in [4.78, 5) is 0. The van der Waals surface area contributed by atoms with Gasteiger partial charge in [0.1, 0.15) is 5.82 Å². The Bertz CT molecular complexity index is 271. The summed E-state index contributed by atoms with van der Waals surface area (Å²) in [6.07, 6.45) is 0.180. The number of nitrogens with two attached hydrogens (primary N) is 1. The predicted octanol–water partition coefficient (Wildman–Crippen LogP) is 2.84. The molecule has 0 heterocycles. The normalized spacial score (nSPS) is 12.9. The maximum atomic E-state index is 12.8. The van der Waals surface area contributed by atoms with Gasteiger partial charge in [-0.1, -0.05) is 11.6 Å². The van der Waals surface area contributed by atoms with Crippen LogP contribution in [-0.4, -0.2) is 6.67 Å². The quantitative estimate of drug-likeness (QED) is 0.807. The van der Waals surface area contributed by atoms with Crippen LogP contribution in [-0.2, 0) is 0 Å². The molecule has 2 N–H and O–H groups in total. The fourth-order valence-corrected chi connectivity index (χ4v) is 1.30. The second-order valence-electron chi connectivity index (χ2n) is 2.79. The van der Waals surface area contributed by atoms with Gasteiger partial charge in [0.15, 0.2) is 0 Å². The number of hydrogen-bond acceptors (Lipinski definition) is 1. The Morgan fingerprint density at radius 2 is 2.08 bits per heavy atom. The van der Waals surface area contributed by atoms with Crippen molar-refractivity contribution >= 4 is 11.6 Å². The predicted molar refractivity (Wildman–Crippen MR) is 48.9 cm³/mol. The molecule has 0 bridgehead atoms. The average molecular weight is 206 g/mol. The van der Waals surface area contributed by atoms with Crippen LogP contribution in [0, 0.1) is 5.82 Å². The number of hydrogen-bond donors (Lipinski definition) is 1. The molecule has 1 atom stereocenters. The van der Waals surface area contributed by atoms with Gasteiger partial charge in [0, 0.05) is 11.1 Å². The van der Waals surface area contributed by atoms with Crippen LogP contribution in [0.5, 0.6) is 0 Å². The zero-order chi connectivity index (χ0) is 9.84. The van der Waals surface area contributed by atoms with Crippen LogP contribution in [0.15, 0.2) is 18.2 Å². The summed E-state index contributed by atoms with van der Waals surface area (Å²) < 4.78 is 24.7. The third-order valence-corrected chi connectivity index (χ3v) is 1.95. The first-order chi connectivity index (χ1) is 6.13. The lowest BCUT2D eigenvalue weighted by atomic mass is 10.1. The average Bonchev–Trinajstić information content (AvgIpc) is 2.03. The Hall–Kier alpha value is -0.670. The summed E-state index contributed by atoms with van der Waals surface area (Å²) in [5.41, 5.74) is 6.11. The van der Waals surface area contributed by atoms with E-state index in [0.717, 1.165) is 0 Å². The molecule has 0 fully saturated rings. The van der Waals surface area contributed by atoms with Crippen LogP contribution in [0.3, 0.4) is 0 Å². The molecule has 1 nitrogen and oxygen atoms in total. The largest absolute Gasteiger partial charge is 0.324 e. The summed E-state index contributed by atoms with van der Waals surface area (Å²) >= 11 is 5.61. The molecule has 13 heavy (non-hydrogen) atoms. The van der Waals surface area contributed by atoms with Crippen LogP contribution < -0.4 is 5.73 Å². The zero-order valence-electron chi connectivity index (χ0n) is 6.93. The van der Waals surface area contributed by atoms with Gasteiger partial charge in [0.2, 0.25) is 0 Å². The van der Waals surface area contributed by atoms with E-state index in [1.165, 1.54) is 12.1 Å². The van der Waals surface area contributed by atoms with Gasteiger partial charge in [-0.05, 0) is 30.2 Å². The van der Waals surface area contributed by atoms with E-state index in [-0.39, 0.29) is 11.4 Å². The Balaban J connectivity index is 2.87. The Morgan fingerprint density at radius 3 is 2.62 bits per heavy atom. The van der Waals surface area contributed by atoms with Crippen LogP contribution in [0.4, 0.5) is 8.78 Å². The minimum atomic E-state index is -0.519. The lowest BCUT2D eigenvalue weighted by Gasteiger charge is -2.09. The first-order valence-electron chi connectivity index (χ1n) is 3.91. The maximum Gasteiger partial charge on any atom is 0.125 e. The third kappa shape index (κ3) is 2.94. The van der Waals surface area contributed by atoms with Gasteiger partial charge in [-0.2, -0.15) is 0 Å². The fraction of sp³-hybridized carbons (Fsp3) is 0.333. The number of halogens is 3. The van der Waals surface area contributed by atoms with Gasteiger partial charge in [-0.15, -0.1) is 0 Å². The Labute approximate surface area is 80.5 Å². The molecule has 0 radical (unpaired) electrons. The molecule has 4 heteroatoms. The molecule has 0 aliphatic rings. The third-order valence-electron chi connectivity index (χ3n) is 1.73. The van der Waals surface area contributed by atoms with E-state index in [4.69, 9.17) is 17.3 Å². The zero-order valence-corrected chi connectivity index (χ0v) is 7.69. The maximum absolute atomic E-state index is 12.8. The standard InChI is InChI=1S/C9H10ClF2N/c10-7-3-6(4-8(12)5-7)9(13)1-2-11/h3-5,9H,1-2,13H2/t9-/m0/s1. The second kappa shape index (κ2) is 4.53. The van der Waals surface area contributed by atoms with Gasteiger partial charge in [0.25, 0.3) is 0 Å². The molecule has 1 aromatic rings. The van der Waals surface area contributed by atoms with Crippen molar-refractivity contribution in [1.82, 2.24) is 0 Å². The first-order valence-corrected chi connectivity index (χ1v) is 4.29. The lowest BCUT2D eigenvalue weighted by Crippen LogP contribution is -2.11. The number of benzene rings is 1. The monoisotopic (exact) mass is 205 g/mol. The van der Waals surface area contributed by atoms with Crippen molar-refractivity contribution in [1.29, 1.82) is 0 Å². The van der Waals surface area contributed by atoms with E-state index >= 15 is 0 Å². The summed E-state index contributed by atoms with van der Waals surface area (Å²) in [6, 6.07) is 3.52. The highest BCUT2D eigenvalue weighted by atomic mass is 35.5. The van der Waals surface area contributed by atoms with Crippen molar-refractivity contribution in [2.45, 2.75) is 12.5 Å². The minimum absolute atomic E-state index is 0.180. The van der Waals surface area contributed by atoms with Gasteiger partial charge in [-0.3, -0.25) is 4.39 Å². The van der Waals surface area contributed by atoms with Gasteiger partial charge >= 0.3 is 0 Å². The molecule has 0 spiro atoms. The molecule has 1 rings (SSSR count). The highest BCUT2D eigenvalue weighted by Gasteiger charge is 2.07. The van der Waals surface area contributed by atoms with Crippen molar-refractivity contribution in [3.8, 4) is 0 Å². The Morgan fingerprint density at radius 1 is 1.38 bits per heavy atom. The van der Waals surface area contributed by atoms with Crippen molar-refractivity contribution in [3.63, 3.8) is 0 Å². The highest BCUT2D eigenvalue weighted by molar-refractivity contribution is 6.30. The second-order valence-corrected chi connectivity index (χ2v) is 3.22. The van der Waals surface area contributed by atoms with E-state index < -0.39 is 18.5 Å². The summed E-state index contributed by atoms with van der Waals surface area (Å²) in [6.45, 7) is -0.519. The van der Waals surface area contributed by atoms with Crippen molar-refractivity contribution in [3.05, 3.63) is 34.6 Å². The molecule has 0 saturated carbocycles. The van der Waals surface area contributed by atoms with Crippen LogP contribution in [0.1, 0.15) is 18.0 Å². The molecule has 0 aromatic heterocycles. The fourth-order valence-electron chi connectivity index (χ4n) is 1.07. The number of rotatable bonds is 3. The van der Waals surface area contributed by atoms with Crippen LogP contribution >= 0.6 is 11.6 Å². The van der Waals surface area contributed by atoms with E-state index in [1.54, 1.807) is 6.07 Å². The van der Waals surface area contributed by atoms with Crippen molar-refractivity contribution < 1.29 is 8.78 Å². The molecular weight excluding hydrogens is 196 g/mol. The van der Waals surface area contributed by atoms with Crippen molar-refractivity contribution in [2.24, 2.45) is 5.73 Å². The van der Waals surface area contributed by atoms with Gasteiger partial charge in [-0.25, -0.2) is 4.39 Å². The lowest BCUT2D eigenvalue weighted by molar-refractivity contribution is 0.441. The summed E-state index contributed by atoms with van der Waals surface area (Å²) in [7, 11) is 0. The van der Waals surface area contributed by atoms with E-state index in [1.807, 2.05) is 0 Å². The molecule has 0 amide bonds. The SMILES string of the molecule is N[C@@H](CCF)c1cc(F)cc(Cl)c1. The topological polar surface area (TPSA) is 26.0 Å². The molecule has 72 valence electrons. The molecule has 0 aliphatic heterocycles. The van der Waals surface area contributed by atoms with E-state index in [2.05, 4.69) is 0 Å². The molecule has 0 aliphatic carbocycles. The summed E-state index contributed by atoms with van der Waals surface area (Å²) in [5.74, 6) is -0.447. The smallest absolute Gasteiger partial charge is 0.125 e. The van der Waals surface area contributed by atoms with Crippen LogP contribution in [0.2, 0.25) is 5.02 Å². The highest BCUT2D eigenvalue weighted by Crippen LogP contribution is 2.20. The molecule has 1 aromatic carbocycles. The minimum Gasteiger partial charge on any atom is -0.324 e. The van der Waals surface area contributed by atoms with E-state index in [0.29, 0.717) is 5.56 Å². The molecular formula is C9H10ClF2N. The molecule has 0 unspecified atom stereocenters. The molecule has 0 saturated heterocycles. The first kappa shape index (κ1) is 10.4. The Kier molecular flexibility index (Phi) is 3.63. The number of alkyl halides is 1. The van der Waals surface area contributed by atoms with Crippen molar-refractivity contribution in [2.75, 3.05) is 6.67 Å². The van der Waals surface area contributed by atoms with E-state index in [9.17, 15) is 8.78 Å².